The van der Waals surface area contributed by atoms with Gasteiger partial charge >= 0.3 is 5.97 Å². The van der Waals surface area contributed by atoms with E-state index in [0.717, 1.165) is 18.4 Å². The van der Waals surface area contributed by atoms with Crippen LogP contribution in [0.5, 0.6) is 0 Å². The fourth-order valence-corrected chi connectivity index (χ4v) is 4.31. The van der Waals surface area contributed by atoms with Crippen LogP contribution in [-0.2, 0) is 25.7 Å². The fraction of sp³-hybridized carbons (Fsp3) is 0.591. The molecule has 2 amide bonds. The summed E-state index contributed by atoms with van der Waals surface area (Å²) in [6, 6.07) is 9.96. The normalized spacial score (nSPS) is 23.3. The van der Waals surface area contributed by atoms with Gasteiger partial charge < -0.3 is 19.6 Å². The second kappa shape index (κ2) is 9.39. The summed E-state index contributed by atoms with van der Waals surface area (Å²) in [6.07, 6.45) is 2.35. The van der Waals surface area contributed by atoms with Crippen LogP contribution in [0, 0.1) is 5.92 Å². The minimum Gasteiger partial charge on any atom is -0.481 e. The summed E-state index contributed by atoms with van der Waals surface area (Å²) >= 11 is 0. The predicted octanol–water partition coefficient (Wildman–Crippen LogP) is 2.30. The lowest BCUT2D eigenvalue weighted by Crippen LogP contribution is -2.58. The number of aliphatic carboxylic acids is 1. The van der Waals surface area contributed by atoms with E-state index in [9.17, 15) is 14.4 Å². The van der Waals surface area contributed by atoms with Gasteiger partial charge in [0.25, 0.3) is 0 Å². The number of likely N-dealkylation sites (tertiary alicyclic amines) is 1. The number of hydrogen-bond donors (Lipinski definition) is 1. The minimum absolute atomic E-state index is 0.0115. The van der Waals surface area contributed by atoms with E-state index in [1.165, 1.54) is 0 Å². The van der Waals surface area contributed by atoms with E-state index >= 15 is 0 Å². The molecule has 0 radical (unpaired) electrons. The quantitative estimate of drug-likeness (QED) is 0.756. The van der Waals surface area contributed by atoms with Crippen LogP contribution in [0.2, 0.25) is 0 Å². The molecule has 7 nitrogen and oxygen atoms in total. The van der Waals surface area contributed by atoms with E-state index < -0.39 is 11.6 Å². The first-order valence-corrected chi connectivity index (χ1v) is 10.3. The Morgan fingerprint density at radius 1 is 1.17 bits per heavy atom. The summed E-state index contributed by atoms with van der Waals surface area (Å²) in [6.45, 7) is 4.62. The highest BCUT2D eigenvalue weighted by Gasteiger charge is 2.43. The summed E-state index contributed by atoms with van der Waals surface area (Å²) in [5.74, 6) is -0.553. The lowest BCUT2D eigenvalue weighted by atomic mass is 9.80. The van der Waals surface area contributed by atoms with Gasteiger partial charge in [0.1, 0.15) is 6.61 Å². The van der Waals surface area contributed by atoms with Crippen molar-refractivity contribution in [1.82, 2.24) is 9.80 Å². The monoisotopic (exact) mass is 402 g/mol. The molecule has 2 aliphatic rings. The smallest absolute Gasteiger partial charge is 0.303 e. The van der Waals surface area contributed by atoms with Crippen molar-refractivity contribution in [2.24, 2.45) is 5.92 Å². The Balaban J connectivity index is 1.53. The van der Waals surface area contributed by atoms with Crippen molar-refractivity contribution < 1.29 is 24.2 Å². The number of ether oxygens (including phenoxy) is 1. The maximum absolute atomic E-state index is 12.4. The highest BCUT2D eigenvalue weighted by atomic mass is 16.5. The predicted molar refractivity (Wildman–Crippen MR) is 107 cm³/mol. The number of carboxylic acids is 1. The molecule has 1 aromatic rings. The topological polar surface area (TPSA) is 87.2 Å². The average molecular weight is 402 g/mol. The third kappa shape index (κ3) is 5.56. The molecule has 0 spiro atoms. The number of piperidine rings is 1. The fourth-order valence-electron chi connectivity index (χ4n) is 4.31. The number of hydrogen-bond acceptors (Lipinski definition) is 4. The number of rotatable bonds is 7. The van der Waals surface area contributed by atoms with Crippen LogP contribution in [0.1, 0.15) is 44.6 Å². The van der Waals surface area contributed by atoms with E-state index in [-0.39, 0.29) is 37.2 Å². The number of carbonyl (C=O) groups excluding carboxylic acids is 2. The zero-order valence-corrected chi connectivity index (χ0v) is 17.0. The molecule has 2 saturated heterocycles. The van der Waals surface area contributed by atoms with E-state index in [1.807, 2.05) is 40.1 Å². The summed E-state index contributed by atoms with van der Waals surface area (Å²) in [5, 5.41) is 8.71. The Bertz CT molecular complexity index is 730. The number of carbonyl (C=O) groups is 3. The lowest BCUT2D eigenvalue weighted by molar-refractivity contribution is -0.174. The molecule has 7 heteroatoms. The number of morpholine rings is 1. The highest BCUT2D eigenvalue weighted by Crippen LogP contribution is 2.35. The number of nitrogens with zero attached hydrogens (tertiary/aromatic N) is 2. The summed E-state index contributed by atoms with van der Waals surface area (Å²) in [7, 11) is 0. The molecule has 158 valence electrons. The van der Waals surface area contributed by atoms with Gasteiger partial charge in [-0.1, -0.05) is 30.3 Å². The third-order valence-electron chi connectivity index (χ3n) is 6.09. The van der Waals surface area contributed by atoms with E-state index in [0.29, 0.717) is 32.6 Å². The number of amides is 2. The zero-order chi connectivity index (χ0) is 20.9. The molecule has 0 aliphatic carbocycles. The number of benzene rings is 1. The Kier molecular flexibility index (Phi) is 6.90. The van der Waals surface area contributed by atoms with E-state index in [4.69, 9.17) is 9.84 Å². The van der Waals surface area contributed by atoms with Gasteiger partial charge in [-0.05, 0) is 37.7 Å². The SMILES string of the molecule is CC1(C2CCN(C(=O)CCCC(=O)O)CC2)CN(Cc2ccccc2)C(=O)CO1. The van der Waals surface area contributed by atoms with Gasteiger partial charge in [-0.3, -0.25) is 14.4 Å². The molecule has 2 fully saturated rings. The molecule has 1 unspecified atom stereocenters. The van der Waals surface area contributed by atoms with Crippen LogP contribution < -0.4 is 0 Å². The summed E-state index contributed by atoms with van der Waals surface area (Å²) in [5.41, 5.74) is 0.688. The molecular formula is C22H30N2O5. The van der Waals surface area contributed by atoms with Crippen LogP contribution in [0.25, 0.3) is 0 Å². The second-order valence-electron chi connectivity index (χ2n) is 8.24. The van der Waals surface area contributed by atoms with Crippen LogP contribution in [0.3, 0.4) is 0 Å². The molecule has 29 heavy (non-hydrogen) atoms. The van der Waals surface area contributed by atoms with Gasteiger partial charge in [0.2, 0.25) is 11.8 Å². The van der Waals surface area contributed by atoms with Gasteiger partial charge in [-0.25, -0.2) is 0 Å². The van der Waals surface area contributed by atoms with Gasteiger partial charge in [0.15, 0.2) is 0 Å². The number of carboxylic acid groups (broad SMARTS) is 1. The summed E-state index contributed by atoms with van der Waals surface area (Å²) < 4.78 is 6.01. The van der Waals surface area contributed by atoms with Crippen molar-refractivity contribution in [3.8, 4) is 0 Å². The van der Waals surface area contributed by atoms with E-state index in [2.05, 4.69) is 6.92 Å². The molecule has 2 heterocycles. The van der Waals surface area contributed by atoms with Crippen LogP contribution in [0.15, 0.2) is 30.3 Å². The first-order chi connectivity index (χ1) is 13.9. The standard InChI is InChI=1S/C22H30N2O5/c1-22(16-24(20(26)15-29-22)14-17-6-3-2-4-7-17)18-10-12-23(13-11-18)19(25)8-5-9-21(27)28/h2-4,6-7,18H,5,8-16H2,1H3,(H,27,28). The molecule has 0 aromatic heterocycles. The van der Waals surface area contributed by atoms with Crippen molar-refractivity contribution in [3.05, 3.63) is 35.9 Å². The van der Waals surface area contributed by atoms with Gasteiger partial charge in [0, 0.05) is 32.5 Å². The second-order valence-corrected chi connectivity index (χ2v) is 8.24. The van der Waals surface area contributed by atoms with Gasteiger partial charge in [-0.2, -0.15) is 0 Å². The Morgan fingerprint density at radius 3 is 2.52 bits per heavy atom. The largest absolute Gasteiger partial charge is 0.481 e. The third-order valence-corrected chi connectivity index (χ3v) is 6.09. The molecule has 0 bridgehead atoms. The van der Waals surface area contributed by atoms with E-state index in [1.54, 1.807) is 0 Å². The molecule has 1 aromatic carbocycles. The summed E-state index contributed by atoms with van der Waals surface area (Å²) in [4.78, 5) is 39.0. The zero-order valence-electron chi connectivity index (χ0n) is 17.0. The minimum atomic E-state index is -0.867. The maximum Gasteiger partial charge on any atom is 0.303 e. The van der Waals surface area contributed by atoms with Crippen molar-refractivity contribution in [1.29, 1.82) is 0 Å². The van der Waals surface area contributed by atoms with Gasteiger partial charge in [0.05, 0.1) is 12.1 Å². The lowest BCUT2D eigenvalue weighted by Gasteiger charge is -2.47. The Labute approximate surface area is 171 Å². The molecular weight excluding hydrogens is 372 g/mol. The Morgan fingerprint density at radius 2 is 1.86 bits per heavy atom. The highest BCUT2D eigenvalue weighted by molar-refractivity contribution is 5.78. The van der Waals surface area contributed by atoms with Crippen molar-refractivity contribution >= 4 is 17.8 Å². The molecule has 3 rings (SSSR count). The van der Waals surface area contributed by atoms with Crippen molar-refractivity contribution in [2.45, 2.75) is 51.2 Å². The maximum atomic E-state index is 12.4. The van der Waals surface area contributed by atoms with Gasteiger partial charge in [-0.15, -0.1) is 0 Å². The molecule has 0 saturated carbocycles. The average Bonchev–Trinajstić information content (AvgIpc) is 2.71. The first kappa shape index (κ1) is 21.3. The van der Waals surface area contributed by atoms with Crippen LogP contribution in [-0.4, -0.2) is 64.5 Å². The Hall–Kier alpha value is -2.41. The molecule has 1 atom stereocenters. The van der Waals surface area contributed by atoms with Crippen LogP contribution >= 0.6 is 0 Å². The molecule has 1 N–H and O–H groups in total. The van der Waals surface area contributed by atoms with Crippen molar-refractivity contribution in [2.75, 3.05) is 26.2 Å². The first-order valence-electron chi connectivity index (χ1n) is 10.3. The van der Waals surface area contributed by atoms with Crippen LogP contribution in [0.4, 0.5) is 0 Å². The molecule has 2 aliphatic heterocycles. The van der Waals surface area contributed by atoms with Crippen molar-refractivity contribution in [3.63, 3.8) is 0 Å².